The first-order valence-electron chi connectivity index (χ1n) is 24.4. The number of fused-ring (bicyclic) bond motifs is 7. The monoisotopic (exact) mass is 875 g/mol. The maximum Gasteiger partial charge on any atom is 0.291 e. The van der Waals surface area contributed by atoms with Crippen molar-refractivity contribution in [3.05, 3.63) is 129 Å². The van der Waals surface area contributed by atoms with Gasteiger partial charge in [-0.1, -0.05) is 130 Å². The molecule has 16 atom stereocenters. The summed E-state index contributed by atoms with van der Waals surface area (Å²) in [6.07, 6.45) is 8.39. The van der Waals surface area contributed by atoms with Gasteiger partial charge < -0.3 is 33.2 Å². The van der Waals surface area contributed by atoms with Gasteiger partial charge >= 0.3 is 0 Å². The molecule has 344 valence electrons. The molecule has 3 saturated heterocycles. The van der Waals surface area contributed by atoms with Gasteiger partial charge in [-0.2, -0.15) is 0 Å². The van der Waals surface area contributed by atoms with Crippen LogP contribution in [0, 0.1) is 56.5 Å². The Hall–Kier alpha value is -3.48. The Morgan fingerprint density at radius 2 is 1.44 bits per heavy atom. The van der Waals surface area contributed by atoms with Crippen molar-refractivity contribution in [2.24, 2.45) is 46.3 Å². The second-order valence-electron chi connectivity index (χ2n) is 21.1. The number of rotatable bonds is 13. The molecule has 4 aliphatic carbocycles. The normalized spacial score (nSPS) is 41.4. The molecule has 64 heavy (non-hydrogen) atoms. The smallest absolute Gasteiger partial charge is 0.291 e. The summed E-state index contributed by atoms with van der Waals surface area (Å²) in [4.78, 5) is 13.1. The van der Waals surface area contributed by atoms with Crippen molar-refractivity contribution in [1.82, 2.24) is 0 Å². The number of allylic oxidation sites excluding steroid dienone is 1. The molecule has 3 saturated carbocycles. The summed E-state index contributed by atoms with van der Waals surface area (Å²) >= 11 is 0. The fraction of sp³-hybridized carbons (Fsp3) is 0.630. The maximum absolute atomic E-state index is 13.4. The minimum atomic E-state index is -1.32. The number of hydrogen-bond donors (Lipinski definition) is 0. The van der Waals surface area contributed by atoms with E-state index < -0.39 is 36.4 Å². The minimum Gasteiger partial charge on any atom is -0.374 e. The predicted octanol–water partition coefficient (Wildman–Crippen LogP) is 10.5. The van der Waals surface area contributed by atoms with Crippen molar-refractivity contribution in [2.75, 3.05) is 13.2 Å². The topological polar surface area (TPSA) is 108 Å². The van der Waals surface area contributed by atoms with E-state index in [2.05, 4.69) is 33.8 Å². The second kappa shape index (κ2) is 18.3. The van der Waals surface area contributed by atoms with E-state index in [0.29, 0.717) is 42.1 Å². The van der Waals surface area contributed by atoms with E-state index in [1.807, 2.05) is 91.0 Å². The number of benzene rings is 3. The van der Waals surface area contributed by atoms with Crippen LogP contribution in [0.25, 0.3) is 0 Å². The van der Waals surface area contributed by atoms with E-state index in [-0.39, 0.29) is 47.8 Å². The van der Waals surface area contributed by atoms with Gasteiger partial charge in [0, 0.05) is 17.3 Å². The lowest BCUT2D eigenvalue weighted by atomic mass is 9.47. The van der Waals surface area contributed by atoms with Crippen LogP contribution in [0.15, 0.2) is 103 Å². The number of ether oxygens (including phenoxy) is 7. The molecule has 1 spiro atoms. The molecule has 6 fully saturated rings. The fourth-order valence-corrected chi connectivity index (χ4v) is 14.1. The van der Waals surface area contributed by atoms with E-state index in [9.17, 15) is 10.1 Å². The summed E-state index contributed by atoms with van der Waals surface area (Å²) in [5.74, 6) is 3.01. The van der Waals surface area contributed by atoms with Gasteiger partial charge in [0.15, 0.2) is 11.9 Å². The molecule has 10 rings (SSSR count). The summed E-state index contributed by atoms with van der Waals surface area (Å²) in [5.41, 5.74) is 4.68. The molecule has 1 unspecified atom stereocenters. The zero-order valence-electron chi connectivity index (χ0n) is 38.3. The standard InChI is InChI=1S/C54H69NO9/c1-35-22-27-54(61-30-35)36(2)47-45(64-54)29-44-42-21-20-40-28-41(23-25-52(40,3)43(42)24-26-53(44,47)4)62-51-48(55(56)57)50(60-33-39-18-12-7-13-19-39)49(59-32-38-16-10-6-11-17-38)46(63-51)34-58-31-37-14-8-5-9-15-37/h5-20,35-36,41-51H,21-34H2,1-4H3/t35-,36+,41?,42-,43+,44+,45+,46-,47+,48-,49+,50-,51-,52+,53+,54+/m1/s1. The van der Waals surface area contributed by atoms with E-state index >= 15 is 0 Å². The highest BCUT2D eigenvalue weighted by Gasteiger charge is 2.69. The Labute approximate surface area is 379 Å². The average molecular weight is 876 g/mol. The molecule has 0 aromatic heterocycles. The molecule has 7 aliphatic rings. The van der Waals surface area contributed by atoms with Crippen LogP contribution >= 0.6 is 0 Å². The van der Waals surface area contributed by atoms with Gasteiger partial charge in [-0.25, -0.2) is 0 Å². The molecule has 0 N–H and O–H groups in total. The highest BCUT2D eigenvalue weighted by atomic mass is 16.7. The molecule has 0 bridgehead atoms. The SMILES string of the molecule is C[C@@H]1CC[C@]2(OC1)O[C@H]1C[C@H]3[C@@H]4CC=C5CC(O[C@@H]6O[C@H](COCc7ccccc7)[C@H](OCc7ccccc7)[C@H](OCc7ccccc7)[C@H]6[N+](=O)[O-])CC[C@]5(C)[C@H]4CC[C@]3(C)[C@H]1[C@@H]2C. The zero-order valence-corrected chi connectivity index (χ0v) is 38.3. The molecule has 10 nitrogen and oxygen atoms in total. The first-order valence-corrected chi connectivity index (χ1v) is 24.4. The van der Waals surface area contributed by atoms with Gasteiger partial charge in [0.25, 0.3) is 6.04 Å². The van der Waals surface area contributed by atoms with Gasteiger partial charge in [0.05, 0.1) is 45.2 Å². The lowest BCUT2D eigenvalue weighted by Gasteiger charge is -2.58. The third kappa shape index (κ3) is 8.32. The fourth-order valence-electron chi connectivity index (χ4n) is 14.1. The summed E-state index contributed by atoms with van der Waals surface area (Å²) in [7, 11) is 0. The van der Waals surface area contributed by atoms with Gasteiger partial charge in [-0.05, 0) is 108 Å². The Bertz CT molecular complexity index is 2080. The van der Waals surface area contributed by atoms with Crippen molar-refractivity contribution >= 4 is 0 Å². The van der Waals surface area contributed by atoms with E-state index in [1.54, 1.807) is 0 Å². The molecular weight excluding hydrogens is 807 g/mol. The summed E-state index contributed by atoms with van der Waals surface area (Å²) < 4.78 is 46.9. The maximum atomic E-state index is 13.4. The Morgan fingerprint density at radius 3 is 2.08 bits per heavy atom. The third-order valence-corrected chi connectivity index (χ3v) is 17.5. The van der Waals surface area contributed by atoms with Crippen LogP contribution in [0.1, 0.15) is 102 Å². The molecule has 10 heteroatoms. The first kappa shape index (κ1) is 44.4. The van der Waals surface area contributed by atoms with E-state index in [1.165, 1.54) is 24.8 Å². The second-order valence-corrected chi connectivity index (χ2v) is 21.1. The highest BCUT2D eigenvalue weighted by molar-refractivity contribution is 5.27. The first-order chi connectivity index (χ1) is 31.0. The lowest BCUT2D eigenvalue weighted by Crippen LogP contribution is -2.64. The summed E-state index contributed by atoms with van der Waals surface area (Å²) in [5, 5.41) is 13.4. The van der Waals surface area contributed by atoms with Gasteiger partial charge in [0.2, 0.25) is 6.29 Å². The largest absolute Gasteiger partial charge is 0.374 e. The van der Waals surface area contributed by atoms with Crippen LogP contribution in [0.2, 0.25) is 0 Å². The van der Waals surface area contributed by atoms with Crippen molar-refractivity contribution in [1.29, 1.82) is 0 Å². The molecule has 3 aromatic rings. The average Bonchev–Trinajstić information content (AvgIpc) is 3.75. The third-order valence-electron chi connectivity index (χ3n) is 17.5. The van der Waals surface area contributed by atoms with Crippen molar-refractivity contribution in [3.8, 4) is 0 Å². The molecular formula is C54H69NO9. The Kier molecular flexibility index (Phi) is 12.7. The van der Waals surface area contributed by atoms with Crippen LogP contribution in [0.3, 0.4) is 0 Å². The van der Waals surface area contributed by atoms with Crippen LogP contribution in [-0.2, 0) is 53.0 Å². The highest BCUT2D eigenvalue weighted by Crippen LogP contribution is 2.70. The Balaban J connectivity index is 0.873. The van der Waals surface area contributed by atoms with Gasteiger partial charge in [0.1, 0.15) is 12.2 Å². The predicted molar refractivity (Wildman–Crippen MR) is 242 cm³/mol. The number of hydrogen-bond acceptors (Lipinski definition) is 9. The van der Waals surface area contributed by atoms with E-state index in [4.69, 9.17) is 33.2 Å². The molecule has 0 radical (unpaired) electrons. The molecule has 0 amide bonds. The van der Waals surface area contributed by atoms with Crippen molar-refractivity contribution < 1.29 is 38.1 Å². The number of nitro groups is 1. The zero-order chi connectivity index (χ0) is 44.1. The molecule has 3 heterocycles. The van der Waals surface area contributed by atoms with Crippen molar-refractivity contribution in [2.45, 2.75) is 154 Å². The van der Waals surface area contributed by atoms with Gasteiger partial charge in [-0.15, -0.1) is 0 Å². The summed E-state index contributed by atoms with van der Waals surface area (Å²) in [6.45, 7) is 11.6. The van der Waals surface area contributed by atoms with Crippen LogP contribution in [0.5, 0.6) is 0 Å². The summed E-state index contributed by atoms with van der Waals surface area (Å²) in [6, 6.07) is 28.3. The van der Waals surface area contributed by atoms with Gasteiger partial charge in [-0.3, -0.25) is 10.1 Å². The van der Waals surface area contributed by atoms with Crippen LogP contribution < -0.4 is 0 Å². The Morgan fingerprint density at radius 1 is 0.781 bits per heavy atom. The quantitative estimate of drug-likeness (QED) is 0.0942. The molecule has 3 aromatic carbocycles. The minimum absolute atomic E-state index is 0.0690. The molecule has 3 aliphatic heterocycles. The van der Waals surface area contributed by atoms with Crippen LogP contribution in [0.4, 0.5) is 0 Å². The number of nitrogens with zero attached hydrogens (tertiary/aromatic N) is 1. The van der Waals surface area contributed by atoms with Crippen molar-refractivity contribution in [3.63, 3.8) is 0 Å². The lowest BCUT2D eigenvalue weighted by molar-refractivity contribution is -0.578. The van der Waals surface area contributed by atoms with E-state index in [0.717, 1.165) is 61.8 Å². The van der Waals surface area contributed by atoms with Crippen LogP contribution in [-0.4, -0.2) is 66.8 Å².